The van der Waals surface area contributed by atoms with Crippen molar-refractivity contribution >= 4 is 17.3 Å². The lowest BCUT2D eigenvalue weighted by Crippen LogP contribution is -2.44. The number of ether oxygens (including phenoxy) is 1. The van der Waals surface area contributed by atoms with E-state index in [1.807, 2.05) is 18.2 Å². The maximum atomic E-state index is 12.1. The Morgan fingerprint density at radius 2 is 1.88 bits per heavy atom. The number of hydrogen-bond donors (Lipinski definition) is 2. The molecule has 1 fully saturated rings. The fourth-order valence-corrected chi connectivity index (χ4v) is 3.16. The summed E-state index contributed by atoms with van der Waals surface area (Å²) in [5.41, 5.74) is 3.43. The van der Waals surface area contributed by atoms with E-state index in [0.29, 0.717) is 19.6 Å². The molecule has 1 aliphatic heterocycles. The highest BCUT2D eigenvalue weighted by Crippen LogP contribution is 2.24. The number of para-hydroxylation sites is 1. The molecule has 1 amide bonds. The van der Waals surface area contributed by atoms with Crippen molar-refractivity contribution in [2.75, 3.05) is 31.2 Å². The number of benzene rings is 2. The highest BCUT2D eigenvalue weighted by molar-refractivity contribution is 5.76. The van der Waals surface area contributed by atoms with Gasteiger partial charge in [0.15, 0.2) is 0 Å². The SMILES string of the molecule is CCN(c1ccccc1)c1ccc(CNC(=O)CC2COCCN2)cc1. The minimum absolute atomic E-state index is 0.0524. The zero-order valence-electron chi connectivity index (χ0n) is 15.3. The molecule has 2 N–H and O–H groups in total. The molecule has 1 atom stereocenters. The Balaban J connectivity index is 1.53. The maximum Gasteiger partial charge on any atom is 0.221 e. The molecule has 1 aliphatic rings. The number of nitrogens with one attached hydrogen (secondary N) is 2. The van der Waals surface area contributed by atoms with Crippen molar-refractivity contribution in [2.24, 2.45) is 0 Å². The van der Waals surface area contributed by atoms with Crippen molar-refractivity contribution in [1.29, 1.82) is 0 Å². The number of anilines is 2. The van der Waals surface area contributed by atoms with Crippen LogP contribution in [-0.2, 0) is 16.1 Å². The number of hydrogen-bond acceptors (Lipinski definition) is 4. The molecule has 138 valence electrons. The Morgan fingerprint density at radius 1 is 1.15 bits per heavy atom. The molecule has 26 heavy (non-hydrogen) atoms. The smallest absolute Gasteiger partial charge is 0.221 e. The molecule has 1 heterocycles. The van der Waals surface area contributed by atoms with Crippen molar-refractivity contribution in [3.63, 3.8) is 0 Å². The molecule has 0 radical (unpaired) electrons. The lowest BCUT2D eigenvalue weighted by Gasteiger charge is -2.24. The van der Waals surface area contributed by atoms with Gasteiger partial charge in [0.2, 0.25) is 5.91 Å². The van der Waals surface area contributed by atoms with E-state index < -0.39 is 0 Å². The minimum atomic E-state index is 0.0524. The summed E-state index contributed by atoms with van der Waals surface area (Å²) in [6.45, 7) is 5.73. The number of amides is 1. The second-order valence-corrected chi connectivity index (χ2v) is 6.45. The third-order valence-electron chi connectivity index (χ3n) is 4.55. The molecule has 0 aromatic heterocycles. The van der Waals surface area contributed by atoms with Gasteiger partial charge in [0.05, 0.1) is 13.2 Å². The summed E-state index contributed by atoms with van der Waals surface area (Å²) in [7, 11) is 0. The summed E-state index contributed by atoms with van der Waals surface area (Å²) in [6, 6.07) is 18.8. The van der Waals surface area contributed by atoms with E-state index in [9.17, 15) is 4.79 Å². The minimum Gasteiger partial charge on any atom is -0.378 e. The standard InChI is InChI=1S/C21H27N3O2/c1-2-24(19-6-4-3-5-7-19)20-10-8-17(9-11-20)15-23-21(25)14-18-16-26-13-12-22-18/h3-11,18,22H,2,12-16H2,1H3,(H,23,25). The first-order valence-corrected chi connectivity index (χ1v) is 9.25. The van der Waals surface area contributed by atoms with Gasteiger partial charge in [-0.25, -0.2) is 0 Å². The van der Waals surface area contributed by atoms with Crippen LogP contribution in [0.15, 0.2) is 54.6 Å². The zero-order valence-corrected chi connectivity index (χ0v) is 15.3. The molecular formula is C21H27N3O2. The van der Waals surface area contributed by atoms with E-state index in [2.05, 4.69) is 58.9 Å². The first-order chi connectivity index (χ1) is 12.8. The maximum absolute atomic E-state index is 12.1. The van der Waals surface area contributed by atoms with Crippen LogP contribution < -0.4 is 15.5 Å². The van der Waals surface area contributed by atoms with Crippen LogP contribution in [0.1, 0.15) is 18.9 Å². The van der Waals surface area contributed by atoms with E-state index in [0.717, 1.165) is 30.9 Å². The van der Waals surface area contributed by atoms with Crippen molar-refractivity contribution in [1.82, 2.24) is 10.6 Å². The monoisotopic (exact) mass is 353 g/mol. The average Bonchev–Trinajstić information content (AvgIpc) is 2.69. The van der Waals surface area contributed by atoms with Crippen molar-refractivity contribution in [2.45, 2.75) is 25.9 Å². The van der Waals surface area contributed by atoms with Crippen LogP contribution in [0.3, 0.4) is 0 Å². The second-order valence-electron chi connectivity index (χ2n) is 6.45. The Labute approximate surface area is 155 Å². The van der Waals surface area contributed by atoms with Gasteiger partial charge in [0, 0.05) is 43.5 Å². The predicted molar refractivity (Wildman–Crippen MR) is 105 cm³/mol. The highest BCUT2D eigenvalue weighted by Gasteiger charge is 2.16. The summed E-state index contributed by atoms with van der Waals surface area (Å²) >= 11 is 0. The predicted octanol–water partition coefficient (Wildman–Crippen LogP) is 2.84. The summed E-state index contributed by atoms with van der Waals surface area (Å²) in [5.74, 6) is 0.0524. The summed E-state index contributed by atoms with van der Waals surface area (Å²) in [6.07, 6.45) is 0.454. The number of morpholine rings is 1. The Kier molecular flexibility index (Phi) is 6.63. The molecule has 5 nitrogen and oxygen atoms in total. The normalized spacial score (nSPS) is 16.9. The molecule has 2 aromatic carbocycles. The van der Waals surface area contributed by atoms with Crippen LogP contribution in [-0.4, -0.2) is 38.3 Å². The van der Waals surface area contributed by atoms with E-state index in [-0.39, 0.29) is 11.9 Å². The van der Waals surface area contributed by atoms with Crippen LogP contribution in [0.5, 0.6) is 0 Å². The summed E-state index contributed by atoms with van der Waals surface area (Å²) < 4.78 is 5.38. The molecule has 0 bridgehead atoms. The Morgan fingerprint density at radius 3 is 2.54 bits per heavy atom. The molecule has 2 aromatic rings. The van der Waals surface area contributed by atoms with Crippen molar-refractivity contribution < 1.29 is 9.53 Å². The topological polar surface area (TPSA) is 53.6 Å². The zero-order chi connectivity index (χ0) is 18.2. The van der Waals surface area contributed by atoms with Gasteiger partial charge in [-0.05, 0) is 36.8 Å². The molecule has 1 saturated heterocycles. The first kappa shape index (κ1) is 18.4. The highest BCUT2D eigenvalue weighted by atomic mass is 16.5. The fraction of sp³-hybridized carbons (Fsp3) is 0.381. The lowest BCUT2D eigenvalue weighted by molar-refractivity contribution is -0.122. The van der Waals surface area contributed by atoms with Crippen molar-refractivity contribution in [3.05, 3.63) is 60.2 Å². The van der Waals surface area contributed by atoms with Crippen molar-refractivity contribution in [3.8, 4) is 0 Å². The van der Waals surface area contributed by atoms with Gasteiger partial charge in [-0.15, -0.1) is 0 Å². The van der Waals surface area contributed by atoms with Gasteiger partial charge in [0.25, 0.3) is 0 Å². The molecule has 3 rings (SSSR count). The van der Waals surface area contributed by atoms with Crippen LogP contribution >= 0.6 is 0 Å². The van der Waals surface area contributed by atoms with Crippen LogP contribution in [0.2, 0.25) is 0 Å². The largest absolute Gasteiger partial charge is 0.378 e. The molecular weight excluding hydrogens is 326 g/mol. The third-order valence-corrected chi connectivity index (χ3v) is 4.55. The molecule has 0 spiro atoms. The van der Waals surface area contributed by atoms with E-state index >= 15 is 0 Å². The Hall–Kier alpha value is -2.37. The fourth-order valence-electron chi connectivity index (χ4n) is 3.16. The van der Waals surface area contributed by atoms with Gasteiger partial charge in [-0.2, -0.15) is 0 Å². The molecule has 5 heteroatoms. The average molecular weight is 353 g/mol. The van der Waals surface area contributed by atoms with Gasteiger partial charge in [-0.1, -0.05) is 30.3 Å². The Bertz CT molecular complexity index is 682. The lowest BCUT2D eigenvalue weighted by atomic mass is 10.1. The van der Waals surface area contributed by atoms with Crippen LogP contribution in [0, 0.1) is 0 Å². The van der Waals surface area contributed by atoms with E-state index in [1.54, 1.807) is 0 Å². The number of rotatable bonds is 7. The summed E-state index contributed by atoms with van der Waals surface area (Å²) in [5, 5.41) is 6.29. The third kappa shape index (κ3) is 5.07. The van der Waals surface area contributed by atoms with Gasteiger partial charge in [-0.3, -0.25) is 4.79 Å². The van der Waals surface area contributed by atoms with Gasteiger partial charge in [0.1, 0.15) is 0 Å². The number of carbonyl (C=O) groups is 1. The number of carbonyl (C=O) groups excluding carboxylic acids is 1. The molecule has 0 saturated carbocycles. The molecule has 0 aliphatic carbocycles. The number of nitrogens with zero attached hydrogens (tertiary/aromatic N) is 1. The molecule has 1 unspecified atom stereocenters. The van der Waals surface area contributed by atoms with Gasteiger partial charge >= 0.3 is 0 Å². The van der Waals surface area contributed by atoms with E-state index in [4.69, 9.17) is 4.74 Å². The van der Waals surface area contributed by atoms with Crippen LogP contribution in [0.4, 0.5) is 11.4 Å². The van der Waals surface area contributed by atoms with E-state index in [1.165, 1.54) is 5.69 Å². The second kappa shape index (κ2) is 9.36. The van der Waals surface area contributed by atoms with Crippen LogP contribution in [0.25, 0.3) is 0 Å². The summed E-state index contributed by atoms with van der Waals surface area (Å²) in [4.78, 5) is 14.3. The van der Waals surface area contributed by atoms with Gasteiger partial charge < -0.3 is 20.3 Å². The first-order valence-electron chi connectivity index (χ1n) is 9.25. The quantitative estimate of drug-likeness (QED) is 0.804.